The van der Waals surface area contributed by atoms with Crippen LogP contribution in [0.15, 0.2) is 136 Å². The Labute approximate surface area is 449 Å². The first kappa shape index (κ1) is 72.6. The van der Waals surface area contributed by atoms with Crippen LogP contribution in [0.4, 0.5) is 98.3 Å². The molecule has 0 aliphatic rings. The third kappa shape index (κ3) is 40.4. The van der Waals surface area contributed by atoms with Crippen LogP contribution in [0.25, 0.3) is 14.9 Å². The summed E-state index contributed by atoms with van der Waals surface area (Å²) in [6.07, 6.45) is 3.28. The van der Waals surface area contributed by atoms with Gasteiger partial charge in [0.1, 0.15) is 30.5 Å². The van der Waals surface area contributed by atoms with E-state index in [1.165, 1.54) is 17.4 Å². The van der Waals surface area contributed by atoms with Gasteiger partial charge in [0.25, 0.3) is 0 Å². The number of benzene rings is 5. The Bertz CT molecular complexity index is 2900. The van der Waals surface area contributed by atoms with Crippen molar-refractivity contribution in [3.05, 3.63) is 148 Å². The predicted molar refractivity (Wildman–Crippen MR) is 278 cm³/mol. The van der Waals surface area contributed by atoms with Gasteiger partial charge in [0, 0.05) is 62.8 Å². The van der Waals surface area contributed by atoms with Gasteiger partial charge in [0.2, 0.25) is 21.9 Å². The fourth-order valence-corrected chi connectivity index (χ4v) is 7.18. The predicted octanol–water partition coefficient (Wildman–Crippen LogP) is 23.9. The fourth-order valence-electron chi connectivity index (χ4n) is 5.29. The van der Waals surface area contributed by atoms with Gasteiger partial charge in [0.05, 0.1) is 25.2 Å². The topological polar surface area (TPSA) is 125 Å². The van der Waals surface area contributed by atoms with E-state index < -0.39 is 23.4 Å². The van der Waals surface area contributed by atoms with E-state index in [4.69, 9.17) is 29.7 Å². The Hall–Kier alpha value is -6.43. The zero-order valence-electron chi connectivity index (χ0n) is 42.3. The van der Waals surface area contributed by atoms with Crippen molar-refractivity contribution in [3.63, 3.8) is 0 Å². The van der Waals surface area contributed by atoms with Gasteiger partial charge in [0.15, 0.2) is 14.9 Å². The van der Waals surface area contributed by atoms with Gasteiger partial charge in [-0.3, -0.25) is 0 Å². The van der Waals surface area contributed by atoms with Gasteiger partial charge in [-0.25, -0.2) is 0 Å². The van der Waals surface area contributed by atoms with Crippen LogP contribution in [0.2, 0.25) is 0 Å². The summed E-state index contributed by atoms with van der Waals surface area (Å²) in [5.41, 5.74) is 5.79. The minimum atomic E-state index is -10.7. The maximum absolute atomic E-state index is 10.7. The summed E-state index contributed by atoms with van der Waals surface area (Å²) in [5, 5.41) is 26.8. The molecule has 0 N–H and O–H groups in total. The number of ether oxygens (including phenoxy) is 4. The van der Waals surface area contributed by atoms with Crippen molar-refractivity contribution in [3.8, 4) is 23.0 Å². The Kier molecular flexibility index (Phi) is 24.1. The van der Waals surface area contributed by atoms with Crippen LogP contribution >= 0.6 is 46.9 Å². The molecule has 0 amide bonds. The molecule has 0 aliphatic carbocycles. The summed E-state index contributed by atoms with van der Waals surface area (Å²) in [4.78, 5) is 16.2. The van der Waals surface area contributed by atoms with Crippen molar-refractivity contribution in [2.24, 2.45) is 0 Å². The van der Waals surface area contributed by atoms with E-state index in [9.17, 15) is 80.9 Å². The molecular weight excluding hydrogens is 1200 g/mol. The SMILES string of the molecule is C=CCOc1cc(Sc2ccc(OC)cc2)c(OCC=C)cc1[N+]#N.CCN(CC)c1ccc([N+]#N)c(C)c1.COc1ccc(Sc2cc(C)c([N+]#N)cc2C)cc1.F[P-](F)(F)(F)(F)F.F[P-](F)(F)(F)(F)F.F[P-](F)(F)(F)(F)F. The summed E-state index contributed by atoms with van der Waals surface area (Å²) in [7, 11) is -28.7. The number of nitrogens with zero attached hydrogens (tertiary/aromatic N) is 7. The quantitative estimate of drug-likeness (QED) is 0.0433. The number of aryl methyl sites for hydroxylation is 3. The zero-order chi connectivity index (χ0) is 61.7. The molecule has 0 radical (unpaired) electrons. The molecule has 0 saturated carbocycles. The van der Waals surface area contributed by atoms with Crippen molar-refractivity contribution in [1.29, 1.82) is 16.2 Å². The van der Waals surface area contributed by atoms with E-state index >= 15 is 0 Å². The van der Waals surface area contributed by atoms with Crippen molar-refractivity contribution in [1.82, 2.24) is 0 Å². The van der Waals surface area contributed by atoms with Gasteiger partial charge >= 0.3 is 116 Å². The maximum atomic E-state index is 9.87. The molecule has 0 unspecified atom stereocenters. The van der Waals surface area contributed by atoms with Gasteiger partial charge in [-0.05, 0) is 107 Å². The summed E-state index contributed by atoms with van der Waals surface area (Å²) in [6.45, 7) is 20.1. The van der Waals surface area contributed by atoms with Gasteiger partial charge < -0.3 is 23.8 Å². The van der Waals surface area contributed by atoms with Crippen LogP contribution in [0.1, 0.15) is 30.5 Å². The average Bonchev–Trinajstić information content (AvgIpc) is 3.30. The first-order valence-electron chi connectivity index (χ1n) is 21.4. The minimum absolute atomic E-state index is 0.292. The number of halogens is 18. The van der Waals surface area contributed by atoms with E-state index in [0.717, 1.165) is 60.9 Å². The monoisotopic (exact) mass is 1250 g/mol. The molecule has 0 atom stereocenters. The molecule has 5 rings (SSSR count). The molecular formula is C45H50F18N7O4P3S2. The number of anilines is 1. The molecule has 0 saturated heterocycles. The summed E-state index contributed by atoms with van der Waals surface area (Å²) < 4.78 is 199. The second kappa shape index (κ2) is 26.2. The summed E-state index contributed by atoms with van der Waals surface area (Å²) >= 11 is 3.19. The number of diazo groups is 3. The van der Waals surface area contributed by atoms with E-state index in [0.29, 0.717) is 41.8 Å². The van der Waals surface area contributed by atoms with Crippen LogP contribution in [0.5, 0.6) is 23.0 Å². The summed E-state index contributed by atoms with van der Waals surface area (Å²) in [6, 6.07) is 28.8. The van der Waals surface area contributed by atoms with Crippen LogP contribution < -0.4 is 23.8 Å². The van der Waals surface area contributed by atoms with E-state index in [1.54, 1.807) is 50.3 Å². The molecule has 0 heterocycles. The van der Waals surface area contributed by atoms with Gasteiger partial charge in [-0.1, -0.05) is 48.8 Å². The van der Waals surface area contributed by atoms with Gasteiger partial charge in [-0.2, -0.15) is 0 Å². The molecule has 0 fully saturated rings. The number of methoxy groups -OCH3 is 2. The third-order valence-corrected chi connectivity index (χ3v) is 10.7. The molecule has 0 bridgehead atoms. The number of hydrogen-bond donors (Lipinski definition) is 0. The average molecular weight is 1250 g/mol. The molecule has 79 heavy (non-hydrogen) atoms. The fraction of sp³-hybridized carbons (Fsp3) is 0.244. The molecule has 5 aromatic rings. The Morgan fingerprint density at radius 2 is 0.835 bits per heavy atom. The van der Waals surface area contributed by atoms with Crippen molar-refractivity contribution >= 4 is 69.7 Å². The first-order valence-corrected chi connectivity index (χ1v) is 29.2. The Morgan fingerprint density at radius 3 is 1.18 bits per heavy atom. The molecule has 0 aromatic heterocycles. The van der Waals surface area contributed by atoms with E-state index in [2.05, 4.69) is 46.8 Å². The standard InChI is InChI=1S/C19H19N2O3S.C15H15N2OS.C11H16N3.3F6P/c1-4-10-23-17-13-19(18(24-11-5-2)12-16(17)21-20)25-15-8-6-14(22-3)7-9-15;1-10-9-15(11(2)8-14(10)17-16)19-13-6-4-12(18-3)5-7-13;1-4-14(5-2)10-6-7-11(13-12)9(3)8-10;3*1-7(2,3,4,5)6/h4-9,12-13H,1-2,10-11H2,3H3;4-9H,1-3H3;6-8H,4-5H2,1-3H3;;;/q3*+1;3*-1. The third-order valence-electron chi connectivity index (χ3n) is 8.44. The van der Waals surface area contributed by atoms with Crippen LogP contribution in [0.3, 0.4) is 0 Å². The van der Waals surface area contributed by atoms with E-state index in [-0.39, 0.29) is 0 Å². The number of hydrogen-bond acceptors (Lipinski definition) is 10. The van der Waals surface area contributed by atoms with Crippen molar-refractivity contribution in [2.45, 2.75) is 54.2 Å². The Balaban J connectivity index is 0.000000999. The summed E-state index contributed by atoms with van der Waals surface area (Å²) in [5.74, 6) is 2.67. The van der Waals surface area contributed by atoms with Crippen LogP contribution in [0, 0.1) is 36.9 Å². The zero-order valence-corrected chi connectivity index (χ0v) is 46.6. The van der Waals surface area contributed by atoms with E-state index in [1.807, 2.05) is 99.6 Å². The van der Waals surface area contributed by atoms with Gasteiger partial charge in [-0.15, -0.1) is 0 Å². The van der Waals surface area contributed by atoms with Crippen molar-refractivity contribution < 1.29 is 94.5 Å². The first-order chi connectivity index (χ1) is 35.4. The number of rotatable bonds is 15. The molecule has 0 spiro atoms. The van der Waals surface area contributed by atoms with Crippen molar-refractivity contribution in [2.75, 3.05) is 45.4 Å². The molecule has 5 aromatic carbocycles. The molecule has 34 heteroatoms. The molecule has 0 aliphatic heterocycles. The molecule has 11 nitrogen and oxygen atoms in total. The van der Waals surface area contributed by atoms with Crippen LogP contribution in [-0.2, 0) is 0 Å². The van der Waals surface area contributed by atoms with Crippen LogP contribution in [-0.4, -0.2) is 40.5 Å². The molecule has 442 valence electrons. The second-order valence-electron chi connectivity index (χ2n) is 15.2. The normalized spacial score (nSPS) is 13.3. The second-order valence-corrected chi connectivity index (χ2v) is 23.2. The Morgan fingerprint density at radius 1 is 0.468 bits per heavy atom.